The van der Waals surface area contributed by atoms with E-state index in [0.717, 1.165) is 0 Å². The van der Waals surface area contributed by atoms with Gasteiger partial charge >= 0.3 is 7.12 Å². The Morgan fingerprint density at radius 3 is 2.16 bits per heavy atom. The minimum atomic E-state index is -0.584. The molecule has 1 fully saturated rings. The van der Waals surface area contributed by atoms with E-state index in [1.54, 1.807) is 12.1 Å². The molecule has 1 aliphatic heterocycles. The molecular formula is C24H32BNO5. The monoisotopic (exact) mass is 425 g/mol. The van der Waals surface area contributed by atoms with E-state index in [1.807, 2.05) is 52.0 Å². The molecule has 6 nitrogen and oxygen atoms in total. The zero-order valence-electron chi connectivity index (χ0n) is 19.4. The number of hydrogen-bond donors (Lipinski definition) is 2. The molecule has 0 unspecified atom stereocenters. The number of phenols is 1. The molecule has 31 heavy (non-hydrogen) atoms. The van der Waals surface area contributed by atoms with E-state index in [-0.39, 0.29) is 29.4 Å². The van der Waals surface area contributed by atoms with Crippen LogP contribution in [0.25, 0.3) is 0 Å². The number of carbonyl (C=O) groups is 1. The standard InChI is InChI=1S/C24H32BNO5/c1-22(2,3)16-8-11-18(12-9-16)29-15-21(28)26-19-14-17(10-13-20(19)27)25-30-23(4,5)24(6,7)31-25/h8-14,27H,15H2,1-7H3,(H,26,28). The zero-order valence-corrected chi connectivity index (χ0v) is 19.4. The molecule has 0 bridgehead atoms. The summed E-state index contributed by atoms with van der Waals surface area (Å²) < 4.78 is 17.7. The molecule has 1 amide bonds. The van der Waals surface area contributed by atoms with Gasteiger partial charge in [-0.2, -0.15) is 0 Å². The van der Waals surface area contributed by atoms with Crippen molar-refractivity contribution in [1.29, 1.82) is 0 Å². The van der Waals surface area contributed by atoms with Gasteiger partial charge < -0.3 is 24.5 Å². The minimum Gasteiger partial charge on any atom is -0.506 e. The van der Waals surface area contributed by atoms with Crippen LogP contribution in [0.5, 0.6) is 11.5 Å². The smallest absolute Gasteiger partial charge is 0.494 e. The van der Waals surface area contributed by atoms with Gasteiger partial charge in [0.05, 0.1) is 16.9 Å². The molecule has 1 saturated heterocycles. The third kappa shape index (κ3) is 5.22. The molecule has 1 heterocycles. The summed E-state index contributed by atoms with van der Waals surface area (Å²) >= 11 is 0. The second kappa shape index (κ2) is 8.21. The molecular weight excluding hydrogens is 393 g/mol. The molecule has 0 aliphatic carbocycles. The Hall–Kier alpha value is -2.51. The number of phenolic OH excluding ortho intramolecular Hbond substituents is 1. The molecule has 0 radical (unpaired) electrons. The number of benzene rings is 2. The van der Waals surface area contributed by atoms with Crippen molar-refractivity contribution < 1.29 is 23.9 Å². The third-order valence-electron chi connectivity index (χ3n) is 5.91. The van der Waals surface area contributed by atoms with Gasteiger partial charge in [-0.3, -0.25) is 4.79 Å². The Bertz CT molecular complexity index is 931. The Labute approximate surface area is 185 Å². The number of hydrogen-bond acceptors (Lipinski definition) is 5. The number of aromatic hydroxyl groups is 1. The van der Waals surface area contributed by atoms with Crippen molar-refractivity contribution in [3.8, 4) is 11.5 Å². The fraction of sp³-hybridized carbons (Fsp3) is 0.458. The fourth-order valence-corrected chi connectivity index (χ4v) is 3.17. The lowest BCUT2D eigenvalue weighted by molar-refractivity contribution is -0.118. The van der Waals surface area contributed by atoms with Crippen LogP contribution >= 0.6 is 0 Å². The van der Waals surface area contributed by atoms with Gasteiger partial charge in [0, 0.05) is 0 Å². The highest BCUT2D eigenvalue weighted by atomic mass is 16.7. The summed E-state index contributed by atoms with van der Waals surface area (Å²) in [5.74, 6) is 0.197. The van der Waals surface area contributed by atoms with Crippen molar-refractivity contribution in [3.05, 3.63) is 48.0 Å². The van der Waals surface area contributed by atoms with Gasteiger partial charge in [-0.1, -0.05) is 39.0 Å². The summed E-state index contributed by atoms with van der Waals surface area (Å²) in [6, 6.07) is 12.6. The lowest BCUT2D eigenvalue weighted by Gasteiger charge is -2.32. The first-order valence-electron chi connectivity index (χ1n) is 10.5. The number of rotatable bonds is 5. The van der Waals surface area contributed by atoms with Crippen molar-refractivity contribution in [2.24, 2.45) is 0 Å². The zero-order chi connectivity index (χ0) is 23.0. The maximum absolute atomic E-state index is 12.4. The quantitative estimate of drug-likeness (QED) is 0.559. The van der Waals surface area contributed by atoms with Gasteiger partial charge in [-0.05, 0) is 68.4 Å². The largest absolute Gasteiger partial charge is 0.506 e. The predicted molar refractivity (Wildman–Crippen MR) is 123 cm³/mol. The van der Waals surface area contributed by atoms with E-state index >= 15 is 0 Å². The first-order valence-corrected chi connectivity index (χ1v) is 10.5. The molecule has 0 saturated carbocycles. The number of ether oxygens (including phenoxy) is 1. The normalized spacial score (nSPS) is 17.5. The van der Waals surface area contributed by atoms with Crippen molar-refractivity contribution in [2.45, 2.75) is 65.1 Å². The highest BCUT2D eigenvalue weighted by Gasteiger charge is 2.51. The number of nitrogens with one attached hydrogen (secondary N) is 1. The molecule has 0 spiro atoms. The second-order valence-electron chi connectivity index (χ2n) is 9.98. The molecule has 1 aliphatic rings. The van der Waals surface area contributed by atoms with Crippen molar-refractivity contribution in [1.82, 2.24) is 0 Å². The van der Waals surface area contributed by atoms with Gasteiger partial charge in [0.1, 0.15) is 11.5 Å². The first-order chi connectivity index (χ1) is 14.3. The molecule has 0 aromatic heterocycles. The SMILES string of the molecule is CC(C)(C)c1ccc(OCC(=O)Nc2cc(B3OC(C)(C)C(C)(C)O3)ccc2O)cc1. The van der Waals surface area contributed by atoms with E-state index in [9.17, 15) is 9.90 Å². The van der Waals surface area contributed by atoms with Crippen molar-refractivity contribution in [2.75, 3.05) is 11.9 Å². The average Bonchev–Trinajstić information content (AvgIpc) is 2.89. The maximum atomic E-state index is 12.4. The van der Waals surface area contributed by atoms with Crippen LogP contribution in [0, 0.1) is 0 Å². The first kappa shape index (κ1) is 23.2. The molecule has 2 N–H and O–H groups in total. The van der Waals surface area contributed by atoms with E-state index in [0.29, 0.717) is 11.2 Å². The highest BCUT2D eigenvalue weighted by molar-refractivity contribution is 6.62. The van der Waals surface area contributed by atoms with Gasteiger partial charge in [-0.25, -0.2) is 0 Å². The van der Waals surface area contributed by atoms with Crippen LogP contribution in [-0.4, -0.2) is 35.9 Å². The summed E-state index contributed by atoms with van der Waals surface area (Å²) in [6.07, 6.45) is 0. The fourth-order valence-electron chi connectivity index (χ4n) is 3.17. The molecule has 0 atom stereocenters. The number of carbonyl (C=O) groups excluding carboxylic acids is 1. The van der Waals surface area contributed by atoms with E-state index < -0.39 is 18.3 Å². The van der Waals surface area contributed by atoms with E-state index in [4.69, 9.17) is 14.0 Å². The van der Waals surface area contributed by atoms with Crippen LogP contribution in [0.2, 0.25) is 0 Å². The van der Waals surface area contributed by atoms with Gasteiger partial charge in [0.2, 0.25) is 0 Å². The predicted octanol–water partition coefficient (Wildman–Crippen LogP) is 4.01. The molecule has 166 valence electrons. The van der Waals surface area contributed by atoms with Crippen LogP contribution in [0.15, 0.2) is 42.5 Å². The third-order valence-corrected chi connectivity index (χ3v) is 5.91. The van der Waals surface area contributed by atoms with E-state index in [1.165, 1.54) is 11.6 Å². The Kier molecular flexibility index (Phi) is 6.13. The van der Waals surface area contributed by atoms with Crippen LogP contribution in [-0.2, 0) is 19.5 Å². The minimum absolute atomic E-state index is 0.0388. The summed E-state index contributed by atoms with van der Waals surface area (Å²) in [5, 5.41) is 12.9. The topological polar surface area (TPSA) is 77.0 Å². The molecule has 2 aromatic carbocycles. The second-order valence-corrected chi connectivity index (χ2v) is 9.98. The van der Waals surface area contributed by atoms with E-state index in [2.05, 4.69) is 26.1 Å². The number of anilines is 1. The van der Waals surface area contributed by atoms with Crippen LogP contribution in [0.3, 0.4) is 0 Å². The lowest BCUT2D eigenvalue weighted by Crippen LogP contribution is -2.41. The average molecular weight is 425 g/mol. The van der Waals surface area contributed by atoms with Crippen LogP contribution in [0.4, 0.5) is 5.69 Å². The highest BCUT2D eigenvalue weighted by Crippen LogP contribution is 2.37. The molecule has 7 heteroatoms. The van der Waals surface area contributed by atoms with Gasteiger partial charge in [0.15, 0.2) is 6.61 Å². The van der Waals surface area contributed by atoms with Gasteiger partial charge in [-0.15, -0.1) is 0 Å². The van der Waals surface area contributed by atoms with Crippen molar-refractivity contribution in [3.63, 3.8) is 0 Å². The molecule has 2 aromatic rings. The number of amides is 1. The Balaban J connectivity index is 1.63. The van der Waals surface area contributed by atoms with Gasteiger partial charge in [0.25, 0.3) is 5.91 Å². The summed E-state index contributed by atoms with van der Waals surface area (Å²) in [6.45, 7) is 14.1. The van der Waals surface area contributed by atoms with Crippen LogP contribution in [0.1, 0.15) is 54.0 Å². The summed E-state index contributed by atoms with van der Waals surface area (Å²) in [5.41, 5.74) is 1.28. The molecule has 3 rings (SSSR count). The summed E-state index contributed by atoms with van der Waals surface area (Å²) in [4.78, 5) is 12.4. The lowest BCUT2D eigenvalue weighted by atomic mass is 9.79. The maximum Gasteiger partial charge on any atom is 0.494 e. The Morgan fingerprint density at radius 2 is 1.61 bits per heavy atom. The van der Waals surface area contributed by atoms with Crippen LogP contribution < -0.4 is 15.5 Å². The summed E-state index contributed by atoms with van der Waals surface area (Å²) in [7, 11) is -0.584. The Morgan fingerprint density at radius 1 is 1.03 bits per heavy atom. The van der Waals surface area contributed by atoms with Crippen molar-refractivity contribution >= 4 is 24.2 Å².